The third-order valence-corrected chi connectivity index (χ3v) is 6.75. The summed E-state index contributed by atoms with van der Waals surface area (Å²) in [6.45, 7) is 1.72. The lowest BCUT2D eigenvalue weighted by molar-refractivity contribution is 0.0991. The summed E-state index contributed by atoms with van der Waals surface area (Å²) in [4.78, 5) is 26.3. The average Bonchev–Trinajstić information content (AvgIpc) is 3.60. The number of aryl methyl sites for hydroxylation is 2. The quantitative estimate of drug-likeness (QED) is 0.238. The molecule has 8 nitrogen and oxygen atoms in total. The Bertz CT molecular complexity index is 1990. The molecule has 41 heavy (non-hydrogen) atoms. The molecular weight excluding hydrogens is 528 g/mol. The summed E-state index contributed by atoms with van der Waals surface area (Å²) < 4.78 is 39.3. The first-order valence-electron chi connectivity index (χ1n) is 12.7. The number of carbonyl (C=O) groups excluding carboxylic acids is 1. The second-order valence-corrected chi connectivity index (χ2v) is 9.63. The zero-order valence-electron chi connectivity index (χ0n) is 22.1. The zero-order chi connectivity index (χ0) is 28.7. The van der Waals surface area contributed by atoms with Gasteiger partial charge in [-0.05, 0) is 73.2 Å². The van der Waals surface area contributed by atoms with Gasteiger partial charge in [-0.2, -0.15) is 10.2 Å². The molecule has 4 heterocycles. The highest BCUT2D eigenvalue weighted by Gasteiger charge is 2.18. The number of Topliss-reactive ketones (excluding diaryl/α,β-unsaturated/α-hetero) is 1. The molecular formula is C31H23F2N5O3. The average molecular weight is 552 g/mol. The predicted octanol–water partition coefficient (Wildman–Crippen LogP) is 5.69. The first kappa shape index (κ1) is 25.9. The van der Waals surface area contributed by atoms with E-state index in [-0.39, 0.29) is 17.7 Å². The Morgan fingerprint density at radius 3 is 2.44 bits per heavy atom. The van der Waals surface area contributed by atoms with Crippen LogP contribution in [0.5, 0.6) is 11.5 Å². The normalized spacial score (nSPS) is 11.2. The van der Waals surface area contributed by atoms with Crippen LogP contribution < -0.4 is 10.3 Å². The topological polar surface area (TPSA) is 83.4 Å². The van der Waals surface area contributed by atoms with E-state index < -0.39 is 23.0 Å². The van der Waals surface area contributed by atoms with E-state index in [0.717, 1.165) is 11.1 Å². The minimum atomic E-state index is -0.660. The highest BCUT2D eigenvalue weighted by Crippen LogP contribution is 2.32. The number of carbonyl (C=O) groups is 1. The van der Waals surface area contributed by atoms with E-state index in [1.165, 1.54) is 47.0 Å². The summed E-state index contributed by atoms with van der Waals surface area (Å²) in [7, 11) is 1.81. The molecule has 0 aliphatic carbocycles. The molecule has 0 aliphatic heterocycles. The molecule has 0 fully saturated rings. The second kappa shape index (κ2) is 10.3. The number of fused-ring (bicyclic) bond motifs is 1. The van der Waals surface area contributed by atoms with Crippen molar-refractivity contribution in [3.63, 3.8) is 0 Å². The van der Waals surface area contributed by atoms with Crippen LogP contribution in [0.25, 0.3) is 22.3 Å². The third-order valence-electron chi connectivity index (χ3n) is 6.75. The van der Waals surface area contributed by atoms with E-state index in [2.05, 4.69) is 10.2 Å². The van der Waals surface area contributed by atoms with Crippen molar-refractivity contribution in [3.05, 3.63) is 130 Å². The number of ether oxygens (including phenoxy) is 1. The first-order chi connectivity index (χ1) is 19.8. The highest BCUT2D eigenvalue weighted by molar-refractivity contribution is 5.97. The summed E-state index contributed by atoms with van der Waals surface area (Å²) in [5.74, 6) is -1.19. The van der Waals surface area contributed by atoms with Crippen LogP contribution in [-0.2, 0) is 13.5 Å². The monoisotopic (exact) mass is 551 g/mol. The SMILES string of the molecule is Cc1ccc(C(=O)Cc2ccc(Oc3cc(-c4cnn(C)c4)cn4nccc34)c(F)c2)c(=O)n1-c1ccc(F)cc1. The molecule has 0 amide bonds. The van der Waals surface area contributed by atoms with Crippen LogP contribution in [0.4, 0.5) is 8.78 Å². The lowest BCUT2D eigenvalue weighted by atomic mass is 10.0. The van der Waals surface area contributed by atoms with E-state index in [0.29, 0.717) is 28.2 Å². The van der Waals surface area contributed by atoms with E-state index in [1.54, 1.807) is 52.8 Å². The molecule has 0 unspecified atom stereocenters. The van der Waals surface area contributed by atoms with Crippen molar-refractivity contribution in [1.29, 1.82) is 0 Å². The third kappa shape index (κ3) is 5.03. The molecule has 2 aromatic carbocycles. The number of hydrogen-bond acceptors (Lipinski definition) is 5. The van der Waals surface area contributed by atoms with Crippen molar-refractivity contribution in [2.75, 3.05) is 0 Å². The Balaban J connectivity index is 1.26. The fraction of sp³-hybridized carbons (Fsp3) is 0.0968. The van der Waals surface area contributed by atoms with Gasteiger partial charge in [-0.1, -0.05) is 6.07 Å². The molecule has 0 saturated carbocycles. The van der Waals surface area contributed by atoms with Crippen molar-refractivity contribution in [1.82, 2.24) is 24.0 Å². The standard InChI is InChI=1S/C31H23F2N5O3/c1-19-3-9-25(31(40)38(19)24-7-5-23(32)6-8-24)28(39)14-20-4-10-29(26(33)13-20)41-30-15-21(22-16-35-36(2)17-22)18-37-27(30)11-12-34-37/h3-13,15-18H,14H2,1-2H3. The van der Waals surface area contributed by atoms with Gasteiger partial charge in [0.1, 0.15) is 11.3 Å². The van der Waals surface area contributed by atoms with Gasteiger partial charge in [0.25, 0.3) is 5.56 Å². The Kier molecular flexibility index (Phi) is 6.50. The van der Waals surface area contributed by atoms with Gasteiger partial charge in [0.2, 0.25) is 0 Å². The van der Waals surface area contributed by atoms with Gasteiger partial charge in [-0.3, -0.25) is 18.8 Å². The fourth-order valence-corrected chi connectivity index (χ4v) is 4.70. The van der Waals surface area contributed by atoms with Gasteiger partial charge in [-0.25, -0.2) is 13.3 Å². The number of pyridine rings is 2. The van der Waals surface area contributed by atoms with Crippen molar-refractivity contribution < 1.29 is 18.3 Å². The summed E-state index contributed by atoms with van der Waals surface area (Å²) >= 11 is 0. The Morgan fingerprint density at radius 2 is 1.71 bits per heavy atom. The number of nitrogens with zero attached hydrogens (tertiary/aromatic N) is 5. The van der Waals surface area contributed by atoms with Crippen molar-refractivity contribution in [2.45, 2.75) is 13.3 Å². The molecule has 0 N–H and O–H groups in total. The number of hydrogen-bond donors (Lipinski definition) is 0. The fourth-order valence-electron chi connectivity index (χ4n) is 4.70. The van der Waals surface area contributed by atoms with Crippen LogP contribution in [-0.4, -0.2) is 29.7 Å². The van der Waals surface area contributed by atoms with E-state index in [9.17, 15) is 14.0 Å². The number of rotatable bonds is 7. The lowest BCUT2D eigenvalue weighted by Gasteiger charge is -2.12. The van der Waals surface area contributed by atoms with Gasteiger partial charge in [0, 0.05) is 48.4 Å². The molecule has 204 valence electrons. The van der Waals surface area contributed by atoms with Gasteiger partial charge in [0.15, 0.2) is 23.1 Å². The summed E-state index contributed by atoms with van der Waals surface area (Å²) in [5, 5.41) is 8.49. The minimum Gasteiger partial charge on any atom is -0.452 e. The highest BCUT2D eigenvalue weighted by atomic mass is 19.1. The van der Waals surface area contributed by atoms with Gasteiger partial charge < -0.3 is 4.74 Å². The first-order valence-corrected chi connectivity index (χ1v) is 12.7. The molecule has 0 spiro atoms. The van der Waals surface area contributed by atoms with Crippen molar-refractivity contribution in [3.8, 4) is 28.3 Å². The van der Waals surface area contributed by atoms with Crippen LogP contribution in [0.2, 0.25) is 0 Å². The van der Waals surface area contributed by atoms with Crippen molar-refractivity contribution >= 4 is 11.3 Å². The summed E-state index contributed by atoms with van der Waals surface area (Å²) in [6.07, 6.45) is 6.82. The maximum Gasteiger partial charge on any atom is 0.266 e. The number of halogens is 2. The summed E-state index contributed by atoms with van der Waals surface area (Å²) in [6, 6.07) is 16.3. The maximum absolute atomic E-state index is 15.2. The Morgan fingerprint density at radius 1 is 0.902 bits per heavy atom. The lowest BCUT2D eigenvalue weighted by Crippen LogP contribution is -2.27. The zero-order valence-corrected chi connectivity index (χ0v) is 22.1. The second-order valence-electron chi connectivity index (χ2n) is 9.63. The molecule has 0 radical (unpaired) electrons. The van der Waals surface area contributed by atoms with E-state index in [4.69, 9.17) is 4.74 Å². The number of benzene rings is 2. The van der Waals surface area contributed by atoms with Gasteiger partial charge in [0.05, 0.1) is 18.0 Å². The predicted molar refractivity (Wildman–Crippen MR) is 149 cm³/mol. The molecule has 10 heteroatoms. The molecule has 0 bridgehead atoms. The smallest absolute Gasteiger partial charge is 0.266 e. The Hall–Kier alpha value is -5.38. The van der Waals surface area contributed by atoms with E-state index >= 15 is 4.39 Å². The summed E-state index contributed by atoms with van der Waals surface area (Å²) in [5.41, 5.74) is 3.12. The van der Waals surface area contributed by atoms with Gasteiger partial charge in [-0.15, -0.1) is 0 Å². The molecule has 4 aromatic heterocycles. The molecule has 6 aromatic rings. The molecule has 0 atom stereocenters. The van der Waals surface area contributed by atoms with Crippen LogP contribution in [0.3, 0.4) is 0 Å². The van der Waals surface area contributed by atoms with Crippen LogP contribution in [0, 0.1) is 18.6 Å². The molecule has 6 rings (SSSR count). The van der Waals surface area contributed by atoms with Crippen LogP contribution >= 0.6 is 0 Å². The molecule has 0 saturated heterocycles. The Labute approximate surface area is 232 Å². The van der Waals surface area contributed by atoms with Crippen LogP contribution in [0.1, 0.15) is 21.6 Å². The van der Waals surface area contributed by atoms with Crippen molar-refractivity contribution in [2.24, 2.45) is 7.05 Å². The van der Waals surface area contributed by atoms with E-state index in [1.807, 2.05) is 19.4 Å². The number of aromatic nitrogens is 5. The minimum absolute atomic E-state index is 0.0263. The molecule has 0 aliphatic rings. The number of ketones is 1. The maximum atomic E-state index is 15.2. The van der Waals surface area contributed by atoms with Crippen LogP contribution in [0.15, 0.2) is 96.3 Å². The largest absolute Gasteiger partial charge is 0.452 e. The van der Waals surface area contributed by atoms with Gasteiger partial charge >= 0.3 is 0 Å².